The summed E-state index contributed by atoms with van der Waals surface area (Å²) in [7, 11) is 0. The lowest BCUT2D eigenvalue weighted by Gasteiger charge is -2.33. The van der Waals surface area contributed by atoms with Crippen molar-refractivity contribution >= 4 is 39.5 Å². The van der Waals surface area contributed by atoms with Crippen LogP contribution in [-0.2, 0) is 4.74 Å². The molecule has 9 nitrogen and oxygen atoms in total. The van der Waals surface area contributed by atoms with E-state index in [0.717, 1.165) is 47.4 Å². The molecule has 1 saturated heterocycles. The van der Waals surface area contributed by atoms with E-state index in [2.05, 4.69) is 25.4 Å². The second kappa shape index (κ2) is 7.10. The fraction of sp³-hybridized carbons (Fsp3) is 0.316. The third-order valence-corrected chi connectivity index (χ3v) is 4.91. The number of nitrogens with two attached hydrogens (primary N) is 1. The van der Waals surface area contributed by atoms with Gasteiger partial charge in [0.2, 0.25) is 5.95 Å². The highest BCUT2D eigenvalue weighted by molar-refractivity contribution is 5.86. The molecule has 0 radical (unpaired) electrons. The van der Waals surface area contributed by atoms with E-state index in [-0.39, 0.29) is 6.10 Å². The Hall–Kier alpha value is -3.17. The maximum atomic E-state index is 5.80. The SMILES string of the molecule is NCCC1CN(c2nc(Nc3ccc4cn[nH]c4c3)nc3ccoc23)CCO1. The Kier molecular flexibility index (Phi) is 4.30. The van der Waals surface area contributed by atoms with Crippen LogP contribution >= 0.6 is 0 Å². The van der Waals surface area contributed by atoms with Gasteiger partial charge in [0.15, 0.2) is 11.4 Å². The lowest BCUT2D eigenvalue weighted by molar-refractivity contribution is 0.0366. The molecule has 1 fully saturated rings. The van der Waals surface area contributed by atoms with Crippen molar-refractivity contribution in [3.63, 3.8) is 0 Å². The number of ether oxygens (including phenoxy) is 1. The van der Waals surface area contributed by atoms with Gasteiger partial charge in [-0.25, -0.2) is 4.98 Å². The lowest BCUT2D eigenvalue weighted by Crippen LogP contribution is -2.43. The van der Waals surface area contributed by atoms with E-state index in [9.17, 15) is 0 Å². The molecule has 1 atom stereocenters. The van der Waals surface area contributed by atoms with Gasteiger partial charge in [-0.15, -0.1) is 0 Å². The number of fused-ring (bicyclic) bond motifs is 2. The number of nitrogens with one attached hydrogen (secondary N) is 2. The first kappa shape index (κ1) is 17.0. The van der Waals surface area contributed by atoms with Crippen molar-refractivity contribution in [1.82, 2.24) is 20.2 Å². The van der Waals surface area contributed by atoms with Gasteiger partial charge in [0, 0.05) is 30.2 Å². The fourth-order valence-corrected chi connectivity index (χ4v) is 3.53. The van der Waals surface area contributed by atoms with Crippen LogP contribution in [0, 0.1) is 0 Å². The third kappa shape index (κ3) is 3.14. The predicted molar refractivity (Wildman–Crippen MR) is 107 cm³/mol. The number of morpholine rings is 1. The largest absolute Gasteiger partial charge is 0.459 e. The van der Waals surface area contributed by atoms with E-state index in [1.54, 1.807) is 12.5 Å². The number of anilines is 3. The third-order valence-electron chi connectivity index (χ3n) is 4.91. The normalized spacial score (nSPS) is 17.5. The Balaban J connectivity index is 1.48. The van der Waals surface area contributed by atoms with Crippen LogP contribution in [0.25, 0.3) is 22.0 Å². The number of hydrogen-bond donors (Lipinski definition) is 3. The van der Waals surface area contributed by atoms with Gasteiger partial charge in [0.1, 0.15) is 5.52 Å². The zero-order chi connectivity index (χ0) is 18.9. The van der Waals surface area contributed by atoms with Crippen LogP contribution in [0.3, 0.4) is 0 Å². The molecule has 0 spiro atoms. The van der Waals surface area contributed by atoms with Gasteiger partial charge in [-0.1, -0.05) is 0 Å². The van der Waals surface area contributed by atoms with E-state index in [1.807, 2.05) is 24.3 Å². The average Bonchev–Trinajstić information content (AvgIpc) is 3.36. The maximum Gasteiger partial charge on any atom is 0.229 e. The molecule has 0 aliphatic carbocycles. The standard InChI is InChI=1S/C19H21N7O2/c20-5-3-14-11-26(6-8-27-14)18-17-15(4-7-28-17)23-19(24-18)22-13-2-1-12-10-21-25-16(12)9-13/h1-2,4,7,9-10,14H,3,5-6,8,11,20H2,(H,21,25)(H,22,23,24). The van der Waals surface area contributed by atoms with E-state index in [0.29, 0.717) is 24.7 Å². The maximum absolute atomic E-state index is 5.80. The van der Waals surface area contributed by atoms with Crippen LogP contribution in [0.5, 0.6) is 0 Å². The molecule has 5 rings (SSSR count). The number of hydrogen-bond acceptors (Lipinski definition) is 8. The van der Waals surface area contributed by atoms with Gasteiger partial charge in [-0.3, -0.25) is 5.10 Å². The summed E-state index contributed by atoms with van der Waals surface area (Å²) in [5.41, 5.74) is 8.98. The molecule has 4 N–H and O–H groups in total. The summed E-state index contributed by atoms with van der Waals surface area (Å²) >= 11 is 0. The summed E-state index contributed by atoms with van der Waals surface area (Å²) < 4.78 is 11.5. The molecule has 9 heteroatoms. The second-order valence-electron chi connectivity index (χ2n) is 6.82. The van der Waals surface area contributed by atoms with Crippen molar-refractivity contribution in [2.45, 2.75) is 12.5 Å². The predicted octanol–water partition coefficient (Wildman–Crippen LogP) is 2.40. The first-order chi connectivity index (χ1) is 13.8. The molecular weight excluding hydrogens is 358 g/mol. The zero-order valence-corrected chi connectivity index (χ0v) is 15.3. The van der Waals surface area contributed by atoms with Crippen LogP contribution < -0.4 is 16.0 Å². The summed E-state index contributed by atoms with van der Waals surface area (Å²) in [6.45, 7) is 2.70. The molecule has 3 aromatic heterocycles. The number of benzene rings is 1. The minimum Gasteiger partial charge on any atom is -0.459 e. The molecule has 0 bridgehead atoms. The van der Waals surface area contributed by atoms with Crippen molar-refractivity contribution in [3.8, 4) is 0 Å². The summed E-state index contributed by atoms with van der Waals surface area (Å²) in [5, 5.41) is 11.4. The monoisotopic (exact) mass is 379 g/mol. The highest BCUT2D eigenvalue weighted by atomic mass is 16.5. The number of nitrogens with zero attached hydrogens (tertiary/aromatic N) is 4. The van der Waals surface area contributed by atoms with E-state index in [4.69, 9.17) is 19.9 Å². The molecule has 1 aliphatic rings. The van der Waals surface area contributed by atoms with Crippen molar-refractivity contribution in [3.05, 3.63) is 36.7 Å². The van der Waals surface area contributed by atoms with Crippen molar-refractivity contribution in [1.29, 1.82) is 0 Å². The molecule has 4 aromatic rings. The Morgan fingerprint density at radius 1 is 1.29 bits per heavy atom. The number of H-pyrrole nitrogens is 1. The van der Waals surface area contributed by atoms with Gasteiger partial charge in [0.25, 0.3) is 0 Å². The number of aromatic nitrogens is 4. The van der Waals surface area contributed by atoms with Crippen LogP contribution in [0.2, 0.25) is 0 Å². The van der Waals surface area contributed by atoms with Crippen LogP contribution in [0.15, 0.2) is 41.1 Å². The summed E-state index contributed by atoms with van der Waals surface area (Å²) in [6, 6.07) is 7.81. The number of aromatic amines is 1. The van der Waals surface area contributed by atoms with Gasteiger partial charge in [-0.2, -0.15) is 10.1 Å². The van der Waals surface area contributed by atoms with Gasteiger partial charge >= 0.3 is 0 Å². The van der Waals surface area contributed by atoms with Crippen LogP contribution in [-0.4, -0.2) is 52.5 Å². The summed E-state index contributed by atoms with van der Waals surface area (Å²) in [4.78, 5) is 11.5. The van der Waals surface area contributed by atoms with Crippen molar-refractivity contribution in [2.75, 3.05) is 36.5 Å². The minimum atomic E-state index is 0.0953. The fourth-order valence-electron chi connectivity index (χ4n) is 3.53. The van der Waals surface area contributed by atoms with E-state index < -0.39 is 0 Å². The minimum absolute atomic E-state index is 0.0953. The van der Waals surface area contributed by atoms with Gasteiger partial charge < -0.3 is 25.1 Å². The first-order valence-electron chi connectivity index (χ1n) is 9.32. The summed E-state index contributed by atoms with van der Waals surface area (Å²) in [6.07, 6.45) is 4.35. The summed E-state index contributed by atoms with van der Waals surface area (Å²) in [5.74, 6) is 1.29. The highest BCUT2D eigenvalue weighted by Gasteiger charge is 2.24. The highest BCUT2D eigenvalue weighted by Crippen LogP contribution is 2.29. The molecule has 0 saturated carbocycles. The molecule has 1 aromatic carbocycles. The van der Waals surface area contributed by atoms with Gasteiger partial charge in [0.05, 0.1) is 30.7 Å². The van der Waals surface area contributed by atoms with Crippen molar-refractivity contribution in [2.24, 2.45) is 5.73 Å². The zero-order valence-electron chi connectivity index (χ0n) is 15.3. The first-order valence-corrected chi connectivity index (χ1v) is 9.32. The van der Waals surface area contributed by atoms with E-state index in [1.165, 1.54) is 0 Å². The number of rotatable bonds is 5. The molecular formula is C19H21N7O2. The Bertz CT molecular complexity index is 1100. The molecule has 0 amide bonds. The van der Waals surface area contributed by atoms with Gasteiger partial charge in [-0.05, 0) is 31.2 Å². The van der Waals surface area contributed by atoms with Crippen LogP contribution in [0.1, 0.15) is 6.42 Å². The smallest absolute Gasteiger partial charge is 0.229 e. The van der Waals surface area contributed by atoms with E-state index >= 15 is 0 Å². The molecule has 1 aliphatic heterocycles. The molecule has 144 valence electrons. The Morgan fingerprint density at radius 3 is 3.18 bits per heavy atom. The molecule has 1 unspecified atom stereocenters. The Labute approximate surface area is 160 Å². The molecule has 4 heterocycles. The lowest BCUT2D eigenvalue weighted by atomic mass is 10.2. The second-order valence-corrected chi connectivity index (χ2v) is 6.82. The quantitative estimate of drug-likeness (QED) is 0.484. The molecule has 28 heavy (non-hydrogen) atoms. The van der Waals surface area contributed by atoms with Crippen molar-refractivity contribution < 1.29 is 9.15 Å². The Morgan fingerprint density at radius 2 is 2.25 bits per heavy atom. The average molecular weight is 379 g/mol. The van der Waals surface area contributed by atoms with Crippen LogP contribution in [0.4, 0.5) is 17.5 Å². The number of furan rings is 1. The topological polar surface area (TPSA) is 118 Å².